The van der Waals surface area contributed by atoms with Crippen molar-refractivity contribution in [1.29, 1.82) is 0 Å². The van der Waals surface area contributed by atoms with Gasteiger partial charge in [0.2, 0.25) is 0 Å². The molecule has 0 radical (unpaired) electrons. The summed E-state index contributed by atoms with van der Waals surface area (Å²) in [7, 11) is 0. The normalized spacial score (nSPS) is 7.50. The zero-order valence-electron chi connectivity index (χ0n) is 4.96. The zero-order chi connectivity index (χ0) is 6.83. The van der Waals surface area contributed by atoms with Crippen molar-refractivity contribution in [2.75, 3.05) is 11.2 Å². The van der Waals surface area contributed by atoms with Crippen molar-refractivity contribution in [3.8, 4) is 0 Å². The average Bonchev–Trinajstić information content (AvgIpc) is 1.71. The lowest BCUT2D eigenvalue weighted by Gasteiger charge is -1.77. The molecule has 0 atom stereocenters. The molecule has 0 fully saturated rings. The number of unbranched alkanes of at least 4 members (excludes halogenated alkanes) is 1. The lowest BCUT2D eigenvalue weighted by Crippen LogP contribution is -1.65. The van der Waals surface area contributed by atoms with E-state index in [1.54, 1.807) is 0 Å². The first-order chi connectivity index (χ1) is 3.83. The molecule has 0 aromatic rings. The molecular formula is C5H11Cl3. The van der Waals surface area contributed by atoms with Crippen LogP contribution in [0, 0.1) is 0 Å². The summed E-state index contributed by atoms with van der Waals surface area (Å²) >= 11 is 14.8. The lowest BCUT2D eigenvalue weighted by atomic mass is 10.4. The second kappa shape index (κ2) is 15.7. The van der Waals surface area contributed by atoms with E-state index in [0.29, 0.717) is 0 Å². The Morgan fingerprint density at radius 1 is 1.12 bits per heavy atom. The second-order valence-corrected chi connectivity index (χ2v) is 2.33. The molecule has 0 amide bonds. The van der Waals surface area contributed by atoms with Gasteiger partial charge in [0.05, 0.1) is 5.34 Å². The van der Waals surface area contributed by atoms with Crippen molar-refractivity contribution in [2.24, 2.45) is 0 Å². The van der Waals surface area contributed by atoms with Crippen LogP contribution in [-0.2, 0) is 0 Å². The fraction of sp³-hybridized carbons (Fsp3) is 1.00. The van der Waals surface area contributed by atoms with Crippen molar-refractivity contribution in [1.82, 2.24) is 0 Å². The molecule has 0 saturated carbocycles. The largest absolute Gasteiger partial charge is 0.127 e. The van der Waals surface area contributed by atoms with E-state index < -0.39 is 0 Å². The van der Waals surface area contributed by atoms with Gasteiger partial charge >= 0.3 is 0 Å². The molecule has 0 bridgehead atoms. The van der Waals surface area contributed by atoms with Crippen molar-refractivity contribution in [2.45, 2.75) is 19.8 Å². The van der Waals surface area contributed by atoms with Gasteiger partial charge in [-0.1, -0.05) is 13.3 Å². The Bertz CT molecular complexity index is 21.6. The smallest absolute Gasteiger partial charge is 0.0967 e. The van der Waals surface area contributed by atoms with Crippen LogP contribution in [0.3, 0.4) is 0 Å². The predicted octanol–water partition coefficient (Wildman–Crippen LogP) is 3.45. The van der Waals surface area contributed by atoms with E-state index >= 15 is 0 Å². The van der Waals surface area contributed by atoms with E-state index in [-0.39, 0.29) is 5.34 Å². The van der Waals surface area contributed by atoms with Gasteiger partial charge in [0, 0.05) is 5.88 Å². The van der Waals surface area contributed by atoms with Crippen molar-refractivity contribution in [3.63, 3.8) is 0 Å². The van der Waals surface area contributed by atoms with Crippen molar-refractivity contribution in [3.05, 3.63) is 0 Å². The summed E-state index contributed by atoms with van der Waals surface area (Å²) in [4.78, 5) is 0. The number of rotatable bonds is 2. The van der Waals surface area contributed by atoms with Gasteiger partial charge in [0.15, 0.2) is 0 Å². The van der Waals surface area contributed by atoms with Crippen LogP contribution in [0.15, 0.2) is 0 Å². The Balaban J connectivity index is 0. The van der Waals surface area contributed by atoms with Gasteiger partial charge in [-0.25, -0.2) is 0 Å². The third kappa shape index (κ3) is 28.7. The van der Waals surface area contributed by atoms with Crippen LogP contribution in [0.1, 0.15) is 19.8 Å². The molecule has 0 heterocycles. The summed E-state index contributed by atoms with van der Waals surface area (Å²) in [5.41, 5.74) is 0. The number of hydrogen-bond donors (Lipinski definition) is 0. The number of halogens is 3. The first-order valence-electron chi connectivity index (χ1n) is 2.51. The average molecular weight is 178 g/mol. The maximum Gasteiger partial charge on any atom is 0.0967 e. The van der Waals surface area contributed by atoms with E-state index in [2.05, 4.69) is 6.92 Å². The quantitative estimate of drug-likeness (QED) is 0.567. The predicted molar refractivity (Wildman–Crippen MR) is 42.2 cm³/mol. The van der Waals surface area contributed by atoms with Crippen LogP contribution in [0.5, 0.6) is 0 Å². The summed E-state index contributed by atoms with van der Waals surface area (Å²) in [6, 6.07) is 0. The maximum atomic E-state index is 5.30. The highest BCUT2D eigenvalue weighted by atomic mass is 35.5. The highest BCUT2D eigenvalue weighted by molar-refractivity contribution is 6.40. The molecule has 3 heteroatoms. The molecule has 52 valence electrons. The number of hydrogen-bond acceptors (Lipinski definition) is 0. The SMILES string of the molecule is CCCCCl.ClCCl. The molecular weight excluding hydrogens is 166 g/mol. The molecule has 0 N–H and O–H groups in total. The van der Waals surface area contributed by atoms with Crippen LogP contribution >= 0.6 is 34.8 Å². The Labute approximate surface area is 66.1 Å². The molecule has 0 rings (SSSR count). The monoisotopic (exact) mass is 176 g/mol. The Morgan fingerprint density at radius 3 is 1.50 bits per heavy atom. The first kappa shape index (κ1) is 11.6. The molecule has 0 saturated heterocycles. The summed E-state index contributed by atoms with van der Waals surface area (Å²) in [6.07, 6.45) is 2.37. The number of alkyl halides is 3. The van der Waals surface area contributed by atoms with Gasteiger partial charge in [-0.3, -0.25) is 0 Å². The molecule has 0 unspecified atom stereocenters. The summed E-state index contributed by atoms with van der Waals surface area (Å²) in [5, 5.41) is 0.194. The molecule has 0 aromatic carbocycles. The fourth-order valence-electron chi connectivity index (χ4n) is 0.134. The third-order valence-electron chi connectivity index (χ3n) is 0.487. The molecule has 8 heavy (non-hydrogen) atoms. The Morgan fingerprint density at radius 2 is 1.50 bits per heavy atom. The van der Waals surface area contributed by atoms with Gasteiger partial charge in [-0.15, -0.1) is 34.8 Å². The zero-order valence-corrected chi connectivity index (χ0v) is 7.23. The van der Waals surface area contributed by atoms with Crippen LogP contribution < -0.4 is 0 Å². The standard InChI is InChI=1S/C4H9Cl.CH2Cl2/c1-2-3-4-5;2-1-3/h2-4H2,1H3;1H2. The molecule has 0 aliphatic carbocycles. The summed E-state index contributed by atoms with van der Waals surface area (Å²) in [5.74, 6) is 0.816. The minimum absolute atomic E-state index is 0.194. The highest BCUT2D eigenvalue weighted by Gasteiger charge is 1.70. The van der Waals surface area contributed by atoms with Crippen LogP contribution in [0.4, 0.5) is 0 Å². The lowest BCUT2D eigenvalue weighted by molar-refractivity contribution is 0.892. The van der Waals surface area contributed by atoms with Gasteiger partial charge in [-0.05, 0) is 6.42 Å². The second-order valence-electron chi connectivity index (χ2n) is 1.14. The van der Waals surface area contributed by atoms with Gasteiger partial charge in [0.25, 0.3) is 0 Å². The van der Waals surface area contributed by atoms with E-state index in [1.807, 2.05) is 0 Å². The van der Waals surface area contributed by atoms with Gasteiger partial charge in [0.1, 0.15) is 0 Å². The van der Waals surface area contributed by atoms with Crippen molar-refractivity contribution < 1.29 is 0 Å². The topological polar surface area (TPSA) is 0 Å². The van der Waals surface area contributed by atoms with Crippen molar-refractivity contribution >= 4 is 34.8 Å². The summed E-state index contributed by atoms with van der Waals surface area (Å²) in [6.45, 7) is 2.13. The maximum absolute atomic E-state index is 5.30. The molecule has 0 nitrogen and oxygen atoms in total. The third-order valence-corrected chi connectivity index (χ3v) is 0.754. The Kier molecular flexibility index (Phi) is 22.8. The molecule has 0 aliphatic heterocycles. The van der Waals surface area contributed by atoms with Crippen LogP contribution in [-0.4, -0.2) is 11.2 Å². The highest BCUT2D eigenvalue weighted by Crippen LogP contribution is 1.86. The van der Waals surface area contributed by atoms with Crippen LogP contribution in [0.2, 0.25) is 0 Å². The minimum atomic E-state index is 0.194. The minimum Gasteiger partial charge on any atom is -0.127 e. The fourth-order valence-corrected chi connectivity index (χ4v) is 0.401. The summed E-state index contributed by atoms with van der Waals surface area (Å²) < 4.78 is 0. The molecule has 0 aromatic heterocycles. The van der Waals surface area contributed by atoms with E-state index in [9.17, 15) is 0 Å². The molecule has 0 aliphatic rings. The molecule has 0 spiro atoms. The first-order valence-corrected chi connectivity index (χ1v) is 4.11. The van der Waals surface area contributed by atoms with E-state index in [1.165, 1.54) is 6.42 Å². The van der Waals surface area contributed by atoms with E-state index in [0.717, 1.165) is 12.3 Å². The van der Waals surface area contributed by atoms with E-state index in [4.69, 9.17) is 34.8 Å². The van der Waals surface area contributed by atoms with Crippen LogP contribution in [0.25, 0.3) is 0 Å². The van der Waals surface area contributed by atoms with Gasteiger partial charge in [-0.2, -0.15) is 0 Å². The Hall–Kier alpha value is 0.870. The van der Waals surface area contributed by atoms with Gasteiger partial charge < -0.3 is 0 Å².